The number of hydrogen-bond acceptors (Lipinski definition) is 4. The van der Waals surface area contributed by atoms with Crippen LogP contribution in [0.15, 0.2) is 18.2 Å². The highest BCUT2D eigenvalue weighted by atomic mass is 16.5. The summed E-state index contributed by atoms with van der Waals surface area (Å²) in [6.07, 6.45) is 1.92. The summed E-state index contributed by atoms with van der Waals surface area (Å²) in [6.45, 7) is 4.98. The molecule has 1 aliphatic rings. The smallest absolute Gasteiger partial charge is 0.124 e. The molecule has 1 aromatic rings. The number of ether oxygens (including phenoxy) is 2. The Labute approximate surface area is 121 Å². The van der Waals surface area contributed by atoms with Crippen molar-refractivity contribution < 1.29 is 14.6 Å². The molecule has 2 rings (SSSR count). The standard InChI is InChI=1S/C16H25NO3/c1-11(16(2)7-8-16)17-10-14(18)13-9-12(19-3)5-6-15(13)20-4/h5-6,9,11,14,17-18H,7-8,10H2,1-4H3/t11-,14-/m0/s1. The Morgan fingerprint density at radius 2 is 2.00 bits per heavy atom. The lowest BCUT2D eigenvalue weighted by Gasteiger charge is -2.23. The minimum Gasteiger partial charge on any atom is -0.497 e. The topological polar surface area (TPSA) is 50.7 Å². The summed E-state index contributed by atoms with van der Waals surface area (Å²) in [5, 5.41) is 13.8. The van der Waals surface area contributed by atoms with E-state index in [-0.39, 0.29) is 0 Å². The van der Waals surface area contributed by atoms with Gasteiger partial charge < -0.3 is 19.9 Å². The summed E-state index contributed by atoms with van der Waals surface area (Å²) in [6, 6.07) is 5.89. The summed E-state index contributed by atoms with van der Waals surface area (Å²) in [5.41, 5.74) is 1.16. The van der Waals surface area contributed by atoms with Gasteiger partial charge in [0, 0.05) is 18.2 Å². The molecule has 1 fully saturated rings. The van der Waals surface area contributed by atoms with Crippen molar-refractivity contribution in [3.05, 3.63) is 23.8 Å². The van der Waals surface area contributed by atoms with E-state index in [2.05, 4.69) is 19.2 Å². The Kier molecular flexibility index (Phi) is 4.55. The third kappa shape index (κ3) is 3.25. The molecule has 4 nitrogen and oxygen atoms in total. The lowest BCUT2D eigenvalue weighted by atomic mass is 10.00. The molecule has 112 valence electrons. The van der Waals surface area contributed by atoms with Gasteiger partial charge in [0.1, 0.15) is 11.5 Å². The van der Waals surface area contributed by atoms with Gasteiger partial charge in [-0.2, -0.15) is 0 Å². The predicted molar refractivity (Wildman–Crippen MR) is 79.3 cm³/mol. The zero-order valence-corrected chi connectivity index (χ0v) is 12.8. The van der Waals surface area contributed by atoms with Crippen molar-refractivity contribution in [1.29, 1.82) is 0 Å². The monoisotopic (exact) mass is 279 g/mol. The Morgan fingerprint density at radius 3 is 2.55 bits per heavy atom. The zero-order chi connectivity index (χ0) is 14.8. The number of aliphatic hydroxyl groups excluding tert-OH is 1. The van der Waals surface area contributed by atoms with E-state index in [1.807, 2.05) is 18.2 Å². The summed E-state index contributed by atoms with van der Waals surface area (Å²) in [7, 11) is 3.23. The molecule has 2 N–H and O–H groups in total. The summed E-state index contributed by atoms with van der Waals surface area (Å²) >= 11 is 0. The Bertz CT molecular complexity index is 457. The molecule has 0 heterocycles. The zero-order valence-electron chi connectivity index (χ0n) is 12.8. The molecule has 20 heavy (non-hydrogen) atoms. The van der Waals surface area contributed by atoms with E-state index in [4.69, 9.17) is 9.47 Å². The van der Waals surface area contributed by atoms with Crippen molar-refractivity contribution in [3.8, 4) is 11.5 Å². The third-order valence-electron chi connectivity index (χ3n) is 4.50. The molecule has 1 aliphatic carbocycles. The molecule has 0 amide bonds. The van der Waals surface area contributed by atoms with Crippen LogP contribution in [0.2, 0.25) is 0 Å². The van der Waals surface area contributed by atoms with Crippen LogP contribution >= 0.6 is 0 Å². The maximum Gasteiger partial charge on any atom is 0.124 e. The lowest BCUT2D eigenvalue weighted by molar-refractivity contribution is 0.160. The van der Waals surface area contributed by atoms with Crippen LogP contribution in [0.5, 0.6) is 11.5 Å². The van der Waals surface area contributed by atoms with Crippen molar-refractivity contribution in [2.24, 2.45) is 5.41 Å². The normalized spacial score (nSPS) is 19.2. The van der Waals surface area contributed by atoms with Crippen LogP contribution in [0, 0.1) is 5.41 Å². The molecule has 1 aromatic carbocycles. The minimum atomic E-state index is -0.607. The number of hydrogen-bond donors (Lipinski definition) is 2. The van der Waals surface area contributed by atoms with Crippen molar-refractivity contribution in [1.82, 2.24) is 5.32 Å². The molecular weight excluding hydrogens is 254 g/mol. The highest BCUT2D eigenvalue weighted by molar-refractivity contribution is 5.41. The Morgan fingerprint density at radius 1 is 1.30 bits per heavy atom. The first-order valence-electron chi connectivity index (χ1n) is 7.13. The van der Waals surface area contributed by atoms with Crippen molar-refractivity contribution >= 4 is 0 Å². The second kappa shape index (κ2) is 6.02. The van der Waals surface area contributed by atoms with Crippen LogP contribution < -0.4 is 14.8 Å². The third-order valence-corrected chi connectivity index (χ3v) is 4.50. The summed E-state index contributed by atoms with van der Waals surface area (Å²) in [5.74, 6) is 1.41. The van der Waals surface area contributed by atoms with Crippen LogP contribution in [-0.4, -0.2) is 31.9 Å². The molecule has 2 atom stereocenters. The average Bonchev–Trinajstić information content (AvgIpc) is 3.22. The van der Waals surface area contributed by atoms with Gasteiger partial charge in [0.2, 0.25) is 0 Å². The van der Waals surface area contributed by atoms with Crippen LogP contribution in [-0.2, 0) is 0 Å². The fraction of sp³-hybridized carbons (Fsp3) is 0.625. The Balaban J connectivity index is 2.02. The van der Waals surface area contributed by atoms with Gasteiger partial charge >= 0.3 is 0 Å². The quantitative estimate of drug-likeness (QED) is 0.805. The van der Waals surface area contributed by atoms with Crippen LogP contribution in [0.25, 0.3) is 0 Å². The number of rotatable bonds is 7. The van der Waals surface area contributed by atoms with Gasteiger partial charge in [-0.05, 0) is 43.4 Å². The van der Waals surface area contributed by atoms with Gasteiger partial charge in [-0.1, -0.05) is 6.92 Å². The highest BCUT2D eigenvalue weighted by Crippen LogP contribution is 2.48. The summed E-state index contributed by atoms with van der Waals surface area (Å²) < 4.78 is 10.5. The second-order valence-corrected chi connectivity index (χ2v) is 5.91. The molecule has 0 spiro atoms. The van der Waals surface area contributed by atoms with Gasteiger partial charge in [0.25, 0.3) is 0 Å². The summed E-state index contributed by atoms with van der Waals surface area (Å²) in [4.78, 5) is 0. The van der Waals surface area contributed by atoms with Gasteiger partial charge in [-0.3, -0.25) is 0 Å². The highest BCUT2D eigenvalue weighted by Gasteiger charge is 2.42. The fourth-order valence-corrected chi connectivity index (χ4v) is 2.37. The van der Waals surface area contributed by atoms with Crippen LogP contribution in [0.1, 0.15) is 38.4 Å². The molecular formula is C16H25NO3. The molecule has 0 aromatic heterocycles. The van der Waals surface area contributed by atoms with E-state index in [1.165, 1.54) is 12.8 Å². The number of methoxy groups -OCH3 is 2. The van der Waals surface area contributed by atoms with Gasteiger partial charge in [0.05, 0.1) is 20.3 Å². The molecule has 0 radical (unpaired) electrons. The number of nitrogens with one attached hydrogen (secondary N) is 1. The Hall–Kier alpha value is -1.26. The van der Waals surface area contributed by atoms with Crippen LogP contribution in [0.3, 0.4) is 0 Å². The van der Waals surface area contributed by atoms with E-state index in [9.17, 15) is 5.11 Å². The first-order chi connectivity index (χ1) is 9.50. The molecule has 4 heteroatoms. The van der Waals surface area contributed by atoms with Gasteiger partial charge in [0.15, 0.2) is 0 Å². The molecule has 0 saturated heterocycles. The van der Waals surface area contributed by atoms with E-state index in [1.54, 1.807) is 14.2 Å². The van der Waals surface area contributed by atoms with Crippen LogP contribution in [0.4, 0.5) is 0 Å². The number of aliphatic hydroxyl groups is 1. The largest absolute Gasteiger partial charge is 0.497 e. The van der Waals surface area contributed by atoms with E-state index in [0.29, 0.717) is 23.8 Å². The molecule has 0 aliphatic heterocycles. The lowest BCUT2D eigenvalue weighted by Crippen LogP contribution is -2.36. The predicted octanol–water partition coefficient (Wildman–Crippen LogP) is 2.52. The first kappa shape index (κ1) is 15.1. The second-order valence-electron chi connectivity index (χ2n) is 5.91. The van der Waals surface area contributed by atoms with Crippen molar-refractivity contribution in [3.63, 3.8) is 0 Å². The van der Waals surface area contributed by atoms with E-state index in [0.717, 1.165) is 11.3 Å². The van der Waals surface area contributed by atoms with E-state index >= 15 is 0 Å². The SMILES string of the molecule is COc1ccc(OC)c([C@@H](O)CN[C@@H](C)C2(C)CC2)c1. The number of benzene rings is 1. The van der Waals surface area contributed by atoms with Gasteiger partial charge in [-0.25, -0.2) is 0 Å². The molecule has 0 bridgehead atoms. The maximum atomic E-state index is 10.4. The average molecular weight is 279 g/mol. The molecule has 0 unspecified atom stereocenters. The van der Waals surface area contributed by atoms with E-state index < -0.39 is 6.10 Å². The van der Waals surface area contributed by atoms with Crippen molar-refractivity contribution in [2.75, 3.05) is 20.8 Å². The molecule has 1 saturated carbocycles. The fourth-order valence-electron chi connectivity index (χ4n) is 2.37. The first-order valence-corrected chi connectivity index (χ1v) is 7.13. The minimum absolute atomic E-state index is 0.401. The van der Waals surface area contributed by atoms with Crippen molar-refractivity contribution in [2.45, 2.75) is 38.8 Å². The van der Waals surface area contributed by atoms with Gasteiger partial charge in [-0.15, -0.1) is 0 Å². The maximum absolute atomic E-state index is 10.4.